The zero-order valence-electron chi connectivity index (χ0n) is 14.6. The lowest BCUT2D eigenvalue weighted by Crippen LogP contribution is -2.38. The van der Waals surface area contributed by atoms with Crippen molar-refractivity contribution in [2.45, 2.75) is 40.0 Å². The molecular formula is C16H20BrFN4O3S. The van der Waals surface area contributed by atoms with Crippen LogP contribution in [0.25, 0.3) is 0 Å². The van der Waals surface area contributed by atoms with Crippen LogP contribution in [0.5, 0.6) is 0 Å². The summed E-state index contributed by atoms with van der Waals surface area (Å²) >= 11 is 4.89. The van der Waals surface area contributed by atoms with E-state index in [0.29, 0.717) is 12.9 Å². The molecule has 142 valence electrons. The molecule has 0 aliphatic carbocycles. The van der Waals surface area contributed by atoms with Crippen molar-refractivity contribution >= 4 is 33.4 Å². The monoisotopic (exact) mass is 446 g/mol. The molecule has 1 atom stereocenters. The van der Waals surface area contributed by atoms with Gasteiger partial charge in [-0.1, -0.05) is 20.8 Å². The number of primary amides is 1. The molecule has 2 heterocycles. The molecule has 0 spiro atoms. The Kier molecular flexibility index (Phi) is 6.40. The van der Waals surface area contributed by atoms with Crippen molar-refractivity contribution in [3.8, 4) is 0 Å². The van der Waals surface area contributed by atoms with Crippen LogP contribution in [0.3, 0.4) is 0 Å². The second-order valence-corrected chi connectivity index (χ2v) is 9.32. The normalized spacial score (nSPS) is 13.7. The largest absolute Gasteiger partial charge is 0.441 e. The summed E-state index contributed by atoms with van der Waals surface area (Å²) in [6, 6.07) is 3.80. The Morgan fingerprint density at radius 3 is 2.69 bits per heavy atom. The van der Waals surface area contributed by atoms with Crippen LogP contribution in [-0.2, 0) is 17.8 Å². The predicted octanol–water partition coefficient (Wildman–Crippen LogP) is 3.28. The van der Waals surface area contributed by atoms with E-state index in [4.69, 9.17) is 10.5 Å². The van der Waals surface area contributed by atoms with E-state index in [1.807, 2.05) is 12.1 Å². The number of rotatable bonds is 6. The highest BCUT2D eigenvalue weighted by molar-refractivity contribution is 9.11. The molecule has 2 aromatic rings. The lowest BCUT2D eigenvalue weighted by molar-refractivity contribution is 0.0566. The third-order valence-electron chi connectivity index (χ3n) is 3.58. The minimum Gasteiger partial charge on any atom is -0.441 e. The standard InChI is InChI=1S/C16H20BrFN4O3S/c1-16(2,3)13(25-14(19)23)10(6-18)7-22-15(24)21(9-20-22)8-11-4-5-12(17)26-11/h4-6,9,13H,7-8H2,1-3H3,(H2,19,23). The van der Waals surface area contributed by atoms with Crippen LogP contribution in [0.1, 0.15) is 25.6 Å². The van der Waals surface area contributed by atoms with E-state index in [1.165, 1.54) is 22.2 Å². The fourth-order valence-electron chi connectivity index (χ4n) is 2.47. The van der Waals surface area contributed by atoms with Gasteiger partial charge in [-0.3, -0.25) is 4.57 Å². The summed E-state index contributed by atoms with van der Waals surface area (Å²) in [4.78, 5) is 24.6. The van der Waals surface area contributed by atoms with E-state index in [9.17, 15) is 14.0 Å². The summed E-state index contributed by atoms with van der Waals surface area (Å²) in [6.45, 7) is 5.55. The molecule has 1 unspecified atom stereocenters. The Morgan fingerprint density at radius 1 is 1.50 bits per heavy atom. The van der Waals surface area contributed by atoms with Crippen LogP contribution in [0.4, 0.5) is 9.18 Å². The number of hydrogen-bond acceptors (Lipinski definition) is 5. The molecule has 0 aliphatic rings. The SMILES string of the molecule is CC(C)(C)C(OC(N)=O)C(=CF)Cn1ncn(Cc2ccc(Br)s2)c1=O. The van der Waals surface area contributed by atoms with Gasteiger partial charge in [-0.25, -0.2) is 18.7 Å². The van der Waals surface area contributed by atoms with E-state index >= 15 is 0 Å². The van der Waals surface area contributed by atoms with Crippen LogP contribution in [0.2, 0.25) is 0 Å². The van der Waals surface area contributed by atoms with E-state index < -0.39 is 17.6 Å². The number of ether oxygens (including phenoxy) is 1. The van der Waals surface area contributed by atoms with Crippen LogP contribution in [0, 0.1) is 5.41 Å². The summed E-state index contributed by atoms with van der Waals surface area (Å²) in [5.41, 5.74) is 4.20. The van der Waals surface area contributed by atoms with Crippen LogP contribution in [0.15, 0.2) is 38.9 Å². The number of amides is 1. The quantitative estimate of drug-likeness (QED) is 0.736. The number of aromatic nitrogens is 3. The summed E-state index contributed by atoms with van der Waals surface area (Å²) < 4.78 is 22.1. The van der Waals surface area contributed by atoms with Crippen molar-refractivity contribution in [3.05, 3.63) is 49.5 Å². The van der Waals surface area contributed by atoms with Crippen molar-refractivity contribution in [1.29, 1.82) is 0 Å². The summed E-state index contributed by atoms with van der Waals surface area (Å²) in [6.07, 6.45) is -0.200. The van der Waals surface area contributed by atoms with Crippen molar-refractivity contribution < 1.29 is 13.9 Å². The first kappa shape index (κ1) is 20.4. The lowest BCUT2D eigenvalue weighted by atomic mass is 9.84. The van der Waals surface area contributed by atoms with Gasteiger partial charge in [0.25, 0.3) is 0 Å². The topological polar surface area (TPSA) is 92.1 Å². The molecule has 0 radical (unpaired) electrons. The Labute approximate surface area is 162 Å². The lowest BCUT2D eigenvalue weighted by Gasteiger charge is -2.31. The Bertz CT molecular complexity index is 865. The Morgan fingerprint density at radius 2 is 2.19 bits per heavy atom. The summed E-state index contributed by atoms with van der Waals surface area (Å²) in [7, 11) is 0. The number of nitrogens with zero attached hydrogens (tertiary/aromatic N) is 3. The summed E-state index contributed by atoms with van der Waals surface area (Å²) in [5.74, 6) is 0. The summed E-state index contributed by atoms with van der Waals surface area (Å²) in [5, 5.41) is 4.03. The maximum atomic E-state index is 13.5. The van der Waals surface area contributed by atoms with Gasteiger partial charge in [0.15, 0.2) is 0 Å². The van der Waals surface area contributed by atoms with Gasteiger partial charge in [0.1, 0.15) is 12.4 Å². The highest BCUT2D eigenvalue weighted by Gasteiger charge is 2.32. The van der Waals surface area contributed by atoms with Crippen LogP contribution in [-0.4, -0.2) is 26.5 Å². The van der Waals surface area contributed by atoms with E-state index in [2.05, 4.69) is 21.0 Å². The molecule has 0 aromatic carbocycles. The second kappa shape index (κ2) is 8.17. The van der Waals surface area contributed by atoms with E-state index in [1.54, 1.807) is 20.8 Å². The molecule has 0 saturated heterocycles. The molecule has 26 heavy (non-hydrogen) atoms. The molecular weight excluding hydrogens is 427 g/mol. The van der Waals surface area contributed by atoms with Gasteiger partial charge < -0.3 is 10.5 Å². The number of hydrogen-bond donors (Lipinski definition) is 1. The first-order chi connectivity index (χ1) is 12.1. The number of halogens is 2. The molecule has 1 amide bonds. The number of carbonyl (C=O) groups is 1. The van der Waals surface area contributed by atoms with Gasteiger partial charge in [0.05, 0.1) is 23.2 Å². The maximum absolute atomic E-state index is 13.5. The molecule has 10 heteroatoms. The molecule has 2 N–H and O–H groups in total. The highest BCUT2D eigenvalue weighted by atomic mass is 79.9. The molecule has 2 aromatic heterocycles. The Hall–Kier alpha value is -1.94. The average Bonchev–Trinajstić information content (AvgIpc) is 3.09. The van der Waals surface area contributed by atoms with Crippen molar-refractivity contribution in [2.24, 2.45) is 11.1 Å². The van der Waals surface area contributed by atoms with Crippen LogP contribution >= 0.6 is 27.3 Å². The predicted molar refractivity (Wildman–Crippen MR) is 101 cm³/mol. The fourth-order valence-corrected chi connectivity index (χ4v) is 3.95. The minimum atomic E-state index is -1.01. The highest BCUT2D eigenvalue weighted by Crippen LogP contribution is 2.29. The van der Waals surface area contributed by atoms with Crippen molar-refractivity contribution in [2.75, 3.05) is 0 Å². The first-order valence-corrected chi connectivity index (χ1v) is 9.34. The molecule has 2 rings (SSSR count). The van der Waals surface area contributed by atoms with Gasteiger partial charge >= 0.3 is 11.8 Å². The Balaban J connectivity index is 2.23. The molecule has 0 saturated carbocycles. The third-order valence-corrected chi connectivity index (χ3v) is 5.19. The number of carbonyl (C=O) groups excluding carboxylic acids is 1. The molecule has 0 bridgehead atoms. The zero-order valence-corrected chi connectivity index (χ0v) is 17.0. The van der Waals surface area contributed by atoms with Gasteiger partial charge in [0.2, 0.25) is 0 Å². The second-order valence-electron chi connectivity index (χ2n) is 6.77. The van der Waals surface area contributed by atoms with E-state index in [0.717, 1.165) is 13.3 Å². The number of thiophene rings is 1. The molecule has 0 aliphatic heterocycles. The van der Waals surface area contributed by atoms with Gasteiger partial charge in [-0.15, -0.1) is 11.3 Å². The third kappa shape index (κ3) is 5.04. The minimum absolute atomic E-state index is 0.0996. The molecule has 0 fully saturated rings. The van der Waals surface area contributed by atoms with Crippen LogP contribution < -0.4 is 11.4 Å². The van der Waals surface area contributed by atoms with Gasteiger partial charge in [-0.05, 0) is 28.1 Å². The molecule has 7 nitrogen and oxygen atoms in total. The van der Waals surface area contributed by atoms with E-state index in [-0.39, 0.29) is 17.8 Å². The number of nitrogens with two attached hydrogens (primary N) is 1. The van der Waals surface area contributed by atoms with Crippen molar-refractivity contribution in [3.63, 3.8) is 0 Å². The van der Waals surface area contributed by atoms with Gasteiger partial charge in [-0.2, -0.15) is 5.10 Å². The smallest absolute Gasteiger partial charge is 0.405 e. The van der Waals surface area contributed by atoms with Crippen molar-refractivity contribution in [1.82, 2.24) is 14.3 Å². The zero-order chi connectivity index (χ0) is 19.5. The van der Waals surface area contributed by atoms with Gasteiger partial charge in [0, 0.05) is 15.9 Å². The maximum Gasteiger partial charge on any atom is 0.405 e. The average molecular weight is 447 g/mol. The first-order valence-electron chi connectivity index (χ1n) is 7.73. The fraction of sp³-hybridized carbons (Fsp3) is 0.438.